The molecule has 17 heteroatoms. The summed E-state index contributed by atoms with van der Waals surface area (Å²) in [7, 11) is 1.19. The van der Waals surface area contributed by atoms with Gasteiger partial charge in [-0.25, -0.2) is 9.59 Å². The topological polar surface area (TPSA) is 255 Å². The molecule has 0 aromatic carbocycles. The number of nitrogens with two attached hydrogens (primary N) is 1. The van der Waals surface area contributed by atoms with Gasteiger partial charge < -0.3 is 70.3 Å². The van der Waals surface area contributed by atoms with E-state index in [0.717, 1.165) is 6.26 Å². The molecule has 3 heterocycles. The lowest BCUT2D eigenvalue weighted by molar-refractivity contribution is -0.344. The third-order valence-electron chi connectivity index (χ3n) is 7.82. The van der Waals surface area contributed by atoms with E-state index in [1.165, 1.54) is 13.2 Å². The number of β-amino-alcohol motifs (C(OH)–C–C–N with tert-alkyl or cyclic N) is 1. The number of aliphatic hydroxyl groups is 5. The molecular formula is C31H46N4O13. The summed E-state index contributed by atoms with van der Waals surface area (Å²) in [6.45, 7) is 4.97. The van der Waals surface area contributed by atoms with Crippen molar-refractivity contribution < 1.29 is 63.9 Å². The number of esters is 1. The van der Waals surface area contributed by atoms with Crippen LogP contribution in [0.25, 0.3) is 0 Å². The van der Waals surface area contributed by atoms with Gasteiger partial charge in [-0.05, 0) is 13.3 Å². The second kappa shape index (κ2) is 18.7. The Kier molecular flexibility index (Phi) is 15.0. The van der Waals surface area contributed by atoms with Crippen molar-refractivity contribution >= 4 is 17.9 Å². The van der Waals surface area contributed by atoms with Gasteiger partial charge >= 0.3 is 11.9 Å². The Hall–Kier alpha value is -3.81. The lowest BCUT2D eigenvalue weighted by Gasteiger charge is -2.44. The highest BCUT2D eigenvalue weighted by molar-refractivity contribution is 5.92. The second-order valence-electron chi connectivity index (χ2n) is 10.9. The number of carboxylic acids is 1. The average Bonchev–Trinajstić information content (AvgIpc) is 3.07. The number of aliphatic imine (C=N–C) groups is 1. The molecule has 0 bridgehead atoms. The van der Waals surface area contributed by atoms with Crippen molar-refractivity contribution in [1.82, 2.24) is 10.2 Å². The van der Waals surface area contributed by atoms with E-state index in [9.17, 15) is 35.1 Å². The summed E-state index contributed by atoms with van der Waals surface area (Å²) < 4.78 is 28.2. The van der Waals surface area contributed by atoms with Crippen LogP contribution in [0.2, 0.25) is 0 Å². The highest BCUT2D eigenvalue weighted by Crippen LogP contribution is 2.37. The third-order valence-corrected chi connectivity index (χ3v) is 7.82. The van der Waals surface area contributed by atoms with Gasteiger partial charge in [0.25, 0.3) is 0 Å². The fraction of sp³-hybridized carbons (Fsp3) is 0.581. The fourth-order valence-corrected chi connectivity index (χ4v) is 5.40. The lowest BCUT2D eigenvalue weighted by atomic mass is 9.83. The fourth-order valence-electron chi connectivity index (χ4n) is 5.40. The summed E-state index contributed by atoms with van der Waals surface area (Å²) in [5.74, 6) is -3.72. The molecule has 3 aliphatic heterocycles. The number of allylic oxidation sites excluding steroid dienone is 2. The Morgan fingerprint density at radius 3 is 2.56 bits per heavy atom. The van der Waals surface area contributed by atoms with Crippen molar-refractivity contribution in [3.63, 3.8) is 0 Å². The summed E-state index contributed by atoms with van der Waals surface area (Å²) in [5, 5.41) is 62.3. The van der Waals surface area contributed by atoms with Gasteiger partial charge in [0.05, 0.1) is 55.9 Å². The van der Waals surface area contributed by atoms with Gasteiger partial charge in [0.2, 0.25) is 6.29 Å². The number of rotatable bonds is 16. The number of carbonyl (C=O) groups excluding carboxylic acids is 1. The van der Waals surface area contributed by atoms with E-state index in [-0.39, 0.29) is 62.3 Å². The maximum absolute atomic E-state index is 12.9. The zero-order valence-corrected chi connectivity index (χ0v) is 26.9. The first-order chi connectivity index (χ1) is 23.0. The average molecular weight is 683 g/mol. The molecule has 8 atom stereocenters. The van der Waals surface area contributed by atoms with Crippen LogP contribution in [0.15, 0.2) is 64.7 Å². The normalized spacial score (nSPS) is 29.6. The zero-order valence-electron chi connectivity index (χ0n) is 26.9. The van der Waals surface area contributed by atoms with Crippen molar-refractivity contribution in [2.45, 2.75) is 50.3 Å². The lowest BCUT2D eigenvalue weighted by Crippen LogP contribution is -2.61. The summed E-state index contributed by atoms with van der Waals surface area (Å²) >= 11 is 0. The van der Waals surface area contributed by atoms with E-state index in [2.05, 4.69) is 16.9 Å². The molecule has 1 fully saturated rings. The van der Waals surface area contributed by atoms with Crippen LogP contribution in [-0.2, 0) is 33.3 Å². The van der Waals surface area contributed by atoms with Gasteiger partial charge in [-0.15, -0.1) is 6.58 Å². The van der Waals surface area contributed by atoms with Gasteiger partial charge in [-0.2, -0.15) is 0 Å². The predicted molar refractivity (Wildman–Crippen MR) is 168 cm³/mol. The Labute approximate surface area is 277 Å². The molecule has 9 N–H and O–H groups in total. The molecule has 3 aliphatic rings. The van der Waals surface area contributed by atoms with Crippen LogP contribution in [0.1, 0.15) is 13.3 Å². The van der Waals surface area contributed by atoms with Gasteiger partial charge in [0.15, 0.2) is 12.2 Å². The Morgan fingerprint density at radius 2 is 1.96 bits per heavy atom. The van der Waals surface area contributed by atoms with Crippen LogP contribution in [0, 0.1) is 11.8 Å². The smallest absolute Gasteiger partial charge is 0.337 e. The number of nitrogens with zero attached hydrogens (tertiary/aromatic N) is 2. The summed E-state index contributed by atoms with van der Waals surface area (Å²) in [6.07, 6.45) is -0.0517. The third kappa shape index (κ3) is 9.42. The maximum Gasteiger partial charge on any atom is 0.337 e. The van der Waals surface area contributed by atoms with Gasteiger partial charge in [0, 0.05) is 44.0 Å². The van der Waals surface area contributed by atoms with E-state index in [0.29, 0.717) is 12.0 Å². The van der Waals surface area contributed by atoms with Gasteiger partial charge in [-0.3, -0.25) is 4.99 Å². The second-order valence-corrected chi connectivity index (χ2v) is 10.9. The molecule has 0 aliphatic carbocycles. The SMILES string of the molecule is C=C[C@H]1[C@H](O[C@@H]2O[C@H](CO)[C@@H](O)[C@H](O)[C@H]2OCC)OC=C(C(=O)OC)[C@H]1/C=C/C1=CN(CCO)CC(C(=O)O)=C1NC(N)=NCCCO. The van der Waals surface area contributed by atoms with Crippen molar-refractivity contribution in [3.8, 4) is 0 Å². The summed E-state index contributed by atoms with van der Waals surface area (Å²) in [6, 6.07) is 0. The first-order valence-electron chi connectivity index (χ1n) is 15.4. The van der Waals surface area contributed by atoms with E-state index in [1.807, 2.05) is 0 Å². The van der Waals surface area contributed by atoms with Crippen molar-refractivity contribution in [2.75, 3.05) is 53.2 Å². The first-order valence-corrected chi connectivity index (χ1v) is 15.4. The number of hydrogen-bond donors (Lipinski definition) is 8. The number of methoxy groups -OCH3 is 1. The number of hydrogen-bond acceptors (Lipinski definition) is 14. The van der Waals surface area contributed by atoms with Crippen LogP contribution in [-0.4, -0.2) is 144 Å². The minimum Gasteiger partial charge on any atom is -0.478 e. The van der Waals surface area contributed by atoms with Gasteiger partial charge in [0.1, 0.15) is 24.4 Å². The standard InChI is InChI=1S/C31H46N4O13/c1-4-18-19(8-7-17-13-35(10-12-37)14-20(27(41)42)23(17)34-31(32)33-9-6-11-36)21(28(43)44-3)16-46-29(18)48-30-26(45-5-2)25(40)24(39)22(15-38)47-30/h4,7-8,13,16,18-19,22,24-26,29-30,36-40H,1,5-6,9-12,14-15H2,2-3H3,(H,41,42)(H3,32,33,34)/b8-7+/t18-,19+,22-,24-,25+,26-,29+,30+/m1/s1. The molecule has 268 valence electrons. The summed E-state index contributed by atoms with van der Waals surface area (Å²) in [5.41, 5.74) is 6.48. The molecule has 0 aromatic heterocycles. The molecule has 48 heavy (non-hydrogen) atoms. The van der Waals surface area contributed by atoms with Crippen molar-refractivity contribution in [3.05, 3.63) is 59.7 Å². The Morgan fingerprint density at radius 1 is 1.21 bits per heavy atom. The number of guanidine groups is 1. The van der Waals surface area contributed by atoms with Crippen LogP contribution >= 0.6 is 0 Å². The van der Waals surface area contributed by atoms with Crippen LogP contribution in [0.4, 0.5) is 0 Å². The first kappa shape index (κ1) is 38.6. The van der Waals surface area contributed by atoms with E-state index in [1.54, 1.807) is 30.2 Å². The number of aliphatic carboxylic acids is 1. The van der Waals surface area contributed by atoms with Gasteiger partial charge in [-0.1, -0.05) is 18.2 Å². The maximum atomic E-state index is 12.9. The number of carboxylic acid groups (broad SMARTS) is 1. The highest BCUT2D eigenvalue weighted by atomic mass is 16.8. The van der Waals surface area contributed by atoms with Crippen molar-refractivity contribution in [2.24, 2.45) is 22.6 Å². The van der Waals surface area contributed by atoms with E-state index in [4.69, 9.17) is 34.5 Å². The molecular weight excluding hydrogens is 636 g/mol. The predicted octanol–water partition coefficient (Wildman–Crippen LogP) is -1.95. The molecule has 1 saturated heterocycles. The number of aliphatic hydroxyl groups excluding tert-OH is 5. The largest absolute Gasteiger partial charge is 0.478 e. The molecule has 3 rings (SSSR count). The summed E-state index contributed by atoms with van der Waals surface area (Å²) in [4.78, 5) is 30.9. The molecule has 17 nitrogen and oxygen atoms in total. The van der Waals surface area contributed by atoms with E-state index < -0.39 is 67.4 Å². The highest BCUT2D eigenvalue weighted by Gasteiger charge is 2.48. The van der Waals surface area contributed by atoms with Crippen molar-refractivity contribution in [1.29, 1.82) is 0 Å². The molecule has 0 spiro atoms. The quantitative estimate of drug-likeness (QED) is 0.0289. The van der Waals surface area contributed by atoms with Crippen LogP contribution in [0.3, 0.4) is 0 Å². The van der Waals surface area contributed by atoms with E-state index >= 15 is 0 Å². The Balaban J connectivity index is 2.03. The number of nitrogens with one attached hydrogen (secondary N) is 1. The van der Waals surface area contributed by atoms with Crippen LogP contribution in [0.5, 0.6) is 0 Å². The molecule has 0 radical (unpaired) electrons. The number of carbonyl (C=O) groups is 2. The molecule has 0 saturated carbocycles. The van der Waals surface area contributed by atoms with Crippen LogP contribution < -0.4 is 11.1 Å². The molecule has 0 amide bonds. The molecule has 0 unspecified atom stereocenters. The monoisotopic (exact) mass is 682 g/mol. The minimum atomic E-state index is -1.47. The number of ether oxygens (including phenoxy) is 5. The Bertz CT molecular complexity index is 1280. The zero-order chi connectivity index (χ0) is 35.4. The molecule has 0 aromatic rings. The minimum absolute atomic E-state index is 0.0625.